The Labute approximate surface area is 160 Å². The number of benzene rings is 1. The van der Waals surface area contributed by atoms with Gasteiger partial charge < -0.3 is 10.2 Å². The Kier molecular flexibility index (Phi) is 5.94. The first-order valence-corrected chi connectivity index (χ1v) is 9.58. The molecule has 1 aromatic carbocycles. The van der Waals surface area contributed by atoms with E-state index in [2.05, 4.69) is 10.4 Å². The van der Waals surface area contributed by atoms with Crippen molar-refractivity contribution in [1.29, 1.82) is 0 Å². The van der Waals surface area contributed by atoms with E-state index in [9.17, 15) is 9.59 Å². The van der Waals surface area contributed by atoms with Gasteiger partial charge in [-0.1, -0.05) is 18.2 Å². The molecule has 0 unspecified atom stereocenters. The molecule has 0 atom stereocenters. The van der Waals surface area contributed by atoms with Crippen molar-refractivity contribution < 1.29 is 9.59 Å². The van der Waals surface area contributed by atoms with Crippen LogP contribution in [0, 0.1) is 13.8 Å². The van der Waals surface area contributed by atoms with Gasteiger partial charge in [0.15, 0.2) is 0 Å². The van der Waals surface area contributed by atoms with E-state index in [1.54, 1.807) is 0 Å². The summed E-state index contributed by atoms with van der Waals surface area (Å²) in [6, 6.07) is 9.39. The minimum atomic E-state index is -0.0390. The Morgan fingerprint density at radius 1 is 1.15 bits per heavy atom. The van der Waals surface area contributed by atoms with Crippen LogP contribution in [-0.4, -0.2) is 45.6 Å². The van der Waals surface area contributed by atoms with Gasteiger partial charge in [0, 0.05) is 43.9 Å². The zero-order valence-electron chi connectivity index (χ0n) is 16.4. The van der Waals surface area contributed by atoms with Crippen molar-refractivity contribution >= 4 is 11.8 Å². The maximum absolute atomic E-state index is 12.6. The molecule has 1 aromatic heterocycles. The number of nitrogens with zero attached hydrogens (tertiary/aromatic N) is 3. The van der Waals surface area contributed by atoms with E-state index < -0.39 is 0 Å². The molecule has 1 fully saturated rings. The highest BCUT2D eigenvalue weighted by molar-refractivity contribution is 5.94. The zero-order chi connectivity index (χ0) is 19.4. The van der Waals surface area contributed by atoms with Gasteiger partial charge in [0.1, 0.15) is 0 Å². The fraction of sp³-hybridized carbons (Fsp3) is 0.476. The van der Waals surface area contributed by atoms with E-state index in [1.165, 1.54) is 5.56 Å². The van der Waals surface area contributed by atoms with Crippen LogP contribution in [-0.2, 0) is 18.3 Å². The minimum Gasteiger partial charge on any atom is -0.349 e. The molecular formula is C21H28N4O2. The predicted octanol–water partition coefficient (Wildman–Crippen LogP) is 2.39. The predicted molar refractivity (Wildman–Crippen MR) is 105 cm³/mol. The Balaban J connectivity index is 1.46. The quantitative estimate of drug-likeness (QED) is 0.881. The molecule has 1 saturated heterocycles. The van der Waals surface area contributed by atoms with Crippen LogP contribution in [0.4, 0.5) is 0 Å². The molecule has 1 N–H and O–H groups in total. The third kappa shape index (κ3) is 4.56. The highest BCUT2D eigenvalue weighted by atomic mass is 16.2. The van der Waals surface area contributed by atoms with Crippen molar-refractivity contribution in [3.8, 4) is 0 Å². The van der Waals surface area contributed by atoms with Crippen molar-refractivity contribution in [1.82, 2.24) is 20.0 Å². The molecule has 2 heterocycles. The molecule has 1 aliphatic rings. The molecule has 0 saturated carbocycles. The number of likely N-dealkylation sites (tertiary alicyclic amines) is 1. The van der Waals surface area contributed by atoms with Crippen LogP contribution in [0.25, 0.3) is 0 Å². The second kappa shape index (κ2) is 8.37. The SMILES string of the molecule is Cc1nn(C)c(C)c1CCC(=O)N1CCC(NC(=O)c2ccccc2)CC1. The normalized spacial score (nSPS) is 15.0. The van der Waals surface area contributed by atoms with Crippen LogP contribution >= 0.6 is 0 Å². The van der Waals surface area contributed by atoms with Crippen molar-refractivity contribution in [2.24, 2.45) is 7.05 Å². The van der Waals surface area contributed by atoms with Gasteiger partial charge in [0.05, 0.1) is 5.69 Å². The summed E-state index contributed by atoms with van der Waals surface area (Å²) in [5, 5.41) is 7.50. The van der Waals surface area contributed by atoms with Gasteiger partial charge in [0.25, 0.3) is 5.91 Å². The van der Waals surface area contributed by atoms with E-state index in [1.807, 2.05) is 60.8 Å². The minimum absolute atomic E-state index is 0.0390. The fourth-order valence-electron chi connectivity index (χ4n) is 3.70. The molecule has 27 heavy (non-hydrogen) atoms. The average molecular weight is 368 g/mol. The first-order chi connectivity index (χ1) is 13.0. The Morgan fingerprint density at radius 2 is 1.81 bits per heavy atom. The lowest BCUT2D eigenvalue weighted by molar-refractivity contribution is -0.132. The van der Waals surface area contributed by atoms with Gasteiger partial charge in [0.2, 0.25) is 5.91 Å². The molecule has 0 aliphatic carbocycles. The van der Waals surface area contributed by atoms with Crippen LogP contribution < -0.4 is 5.32 Å². The Hall–Kier alpha value is -2.63. The van der Waals surface area contributed by atoms with Crippen molar-refractivity contribution in [3.05, 3.63) is 52.8 Å². The van der Waals surface area contributed by atoms with Gasteiger partial charge >= 0.3 is 0 Å². The maximum Gasteiger partial charge on any atom is 0.251 e. The van der Waals surface area contributed by atoms with E-state index in [-0.39, 0.29) is 17.9 Å². The summed E-state index contributed by atoms with van der Waals surface area (Å²) in [5.74, 6) is 0.147. The molecule has 6 heteroatoms. The number of hydrogen-bond acceptors (Lipinski definition) is 3. The number of carbonyl (C=O) groups excluding carboxylic acids is 2. The molecule has 144 valence electrons. The zero-order valence-corrected chi connectivity index (χ0v) is 16.4. The molecule has 0 bridgehead atoms. The molecular weight excluding hydrogens is 340 g/mol. The van der Waals surface area contributed by atoms with Crippen LogP contribution in [0.2, 0.25) is 0 Å². The van der Waals surface area contributed by atoms with Crippen LogP contribution in [0.3, 0.4) is 0 Å². The Morgan fingerprint density at radius 3 is 2.41 bits per heavy atom. The number of amides is 2. The summed E-state index contributed by atoms with van der Waals surface area (Å²) in [5.41, 5.74) is 3.99. The molecule has 0 spiro atoms. The van der Waals surface area contributed by atoms with Gasteiger partial charge in [-0.2, -0.15) is 5.10 Å². The summed E-state index contributed by atoms with van der Waals surface area (Å²) in [4.78, 5) is 26.7. The van der Waals surface area contributed by atoms with Gasteiger partial charge in [-0.05, 0) is 50.8 Å². The second-order valence-electron chi connectivity index (χ2n) is 7.27. The molecule has 1 aliphatic heterocycles. The molecule has 6 nitrogen and oxygen atoms in total. The maximum atomic E-state index is 12.6. The molecule has 2 amide bonds. The highest BCUT2D eigenvalue weighted by Crippen LogP contribution is 2.17. The van der Waals surface area contributed by atoms with E-state index in [0.717, 1.165) is 30.7 Å². The number of piperidine rings is 1. The lowest BCUT2D eigenvalue weighted by Gasteiger charge is -2.32. The molecule has 2 aromatic rings. The first kappa shape index (κ1) is 19.1. The van der Waals surface area contributed by atoms with Crippen molar-refractivity contribution in [2.75, 3.05) is 13.1 Å². The van der Waals surface area contributed by atoms with Crippen molar-refractivity contribution in [2.45, 2.75) is 45.6 Å². The van der Waals surface area contributed by atoms with Gasteiger partial charge in [-0.3, -0.25) is 14.3 Å². The van der Waals surface area contributed by atoms with Gasteiger partial charge in [-0.25, -0.2) is 0 Å². The molecule has 3 rings (SSSR count). The van der Waals surface area contributed by atoms with E-state index in [0.29, 0.717) is 25.1 Å². The summed E-state index contributed by atoms with van der Waals surface area (Å²) in [6.07, 6.45) is 2.84. The second-order valence-corrected chi connectivity index (χ2v) is 7.27. The van der Waals surface area contributed by atoms with E-state index in [4.69, 9.17) is 0 Å². The summed E-state index contributed by atoms with van der Waals surface area (Å²) in [7, 11) is 1.93. The topological polar surface area (TPSA) is 67.2 Å². The average Bonchev–Trinajstić information content (AvgIpc) is 2.92. The Bertz CT molecular complexity index is 805. The fourth-order valence-corrected chi connectivity index (χ4v) is 3.70. The monoisotopic (exact) mass is 368 g/mol. The van der Waals surface area contributed by atoms with Gasteiger partial charge in [-0.15, -0.1) is 0 Å². The number of nitrogens with one attached hydrogen (secondary N) is 1. The standard InChI is InChI=1S/C21H28N4O2/c1-15-19(16(2)24(3)23-15)9-10-20(26)25-13-11-18(12-14-25)22-21(27)17-7-5-4-6-8-17/h4-8,18H,9-14H2,1-3H3,(H,22,27). The first-order valence-electron chi connectivity index (χ1n) is 9.58. The lowest BCUT2D eigenvalue weighted by Crippen LogP contribution is -2.46. The van der Waals surface area contributed by atoms with E-state index >= 15 is 0 Å². The highest BCUT2D eigenvalue weighted by Gasteiger charge is 2.24. The summed E-state index contributed by atoms with van der Waals surface area (Å²) >= 11 is 0. The number of aromatic nitrogens is 2. The number of aryl methyl sites for hydroxylation is 2. The summed E-state index contributed by atoms with van der Waals surface area (Å²) in [6.45, 7) is 5.43. The van der Waals surface area contributed by atoms with Crippen LogP contribution in [0.5, 0.6) is 0 Å². The third-order valence-corrected chi connectivity index (χ3v) is 5.47. The number of carbonyl (C=O) groups is 2. The molecule has 0 radical (unpaired) electrons. The van der Waals surface area contributed by atoms with Crippen LogP contribution in [0.1, 0.15) is 46.6 Å². The van der Waals surface area contributed by atoms with Crippen LogP contribution in [0.15, 0.2) is 30.3 Å². The van der Waals surface area contributed by atoms with Crippen molar-refractivity contribution in [3.63, 3.8) is 0 Å². The number of rotatable bonds is 5. The number of hydrogen-bond donors (Lipinski definition) is 1. The smallest absolute Gasteiger partial charge is 0.251 e. The lowest BCUT2D eigenvalue weighted by atomic mass is 10.0. The third-order valence-electron chi connectivity index (χ3n) is 5.47. The largest absolute Gasteiger partial charge is 0.349 e. The summed E-state index contributed by atoms with van der Waals surface area (Å²) < 4.78 is 1.87.